The molecule has 0 aliphatic carbocycles. The largest absolute Gasteiger partial charge is 0.304 e. The molecule has 6 nitrogen and oxygen atoms in total. The van der Waals surface area contributed by atoms with Crippen LogP contribution in [0.2, 0.25) is 10.0 Å². The van der Waals surface area contributed by atoms with E-state index in [1.165, 1.54) is 35.6 Å². The highest BCUT2D eigenvalue weighted by molar-refractivity contribution is 7.16. The molecular weight excluding hydrogens is 397 g/mol. The number of fused-ring (bicyclic) bond motifs is 1. The van der Waals surface area contributed by atoms with E-state index in [4.69, 9.17) is 29.6 Å². The molecule has 1 aromatic heterocycles. The Morgan fingerprint density at radius 1 is 1.31 bits per heavy atom. The molecule has 3 rings (SSSR count). The first kappa shape index (κ1) is 18.1. The summed E-state index contributed by atoms with van der Waals surface area (Å²) in [6, 6.07) is 8.88. The summed E-state index contributed by atoms with van der Waals surface area (Å²) in [4.78, 5) is 27.4. The molecule has 0 radical (unpaired) electrons. The normalized spacial score (nSPS) is 11.5. The Bertz CT molecular complexity index is 1160. The molecule has 3 aromatic rings. The van der Waals surface area contributed by atoms with Crippen LogP contribution in [-0.2, 0) is 6.54 Å². The Morgan fingerprint density at radius 3 is 2.73 bits per heavy atom. The zero-order valence-electron chi connectivity index (χ0n) is 13.0. The molecule has 2 aromatic carbocycles. The molecule has 0 aliphatic heterocycles. The number of halogens is 2. The number of terminal acetylenes is 1. The molecule has 1 heterocycles. The highest BCUT2D eigenvalue weighted by atomic mass is 35.5. The van der Waals surface area contributed by atoms with Crippen molar-refractivity contribution in [1.29, 1.82) is 0 Å². The van der Waals surface area contributed by atoms with Crippen molar-refractivity contribution in [1.82, 2.24) is 4.57 Å². The summed E-state index contributed by atoms with van der Waals surface area (Å²) in [7, 11) is 0. The molecule has 0 fully saturated rings. The third-order valence-corrected chi connectivity index (χ3v) is 5.09. The summed E-state index contributed by atoms with van der Waals surface area (Å²) < 4.78 is 2.30. The van der Waals surface area contributed by atoms with Crippen LogP contribution in [0.25, 0.3) is 10.2 Å². The molecule has 0 saturated heterocycles. The summed E-state index contributed by atoms with van der Waals surface area (Å²) in [6.45, 7) is 0.113. The lowest BCUT2D eigenvalue weighted by atomic mass is 10.2. The lowest BCUT2D eigenvalue weighted by Crippen LogP contribution is -2.16. The first-order chi connectivity index (χ1) is 12.4. The highest BCUT2D eigenvalue weighted by Gasteiger charge is 2.14. The van der Waals surface area contributed by atoms with E-state index in [1.807, 2.05) is 0 Å². The number of hydrogen-bond acceptors (Lipinski definition) is 4. The van der Waals surface area contributed by atoms with Gasteiger partial charge in [-0.25, -0.2) is 0 Å². The van der Waals surface area contributed by atoms with Crippen molar-refractivity contribution in [3.05, 3.63) is 66.9 Å². The number of carbonyl (C=O) groups excluding carboxylic acids is 1. The van der Waals surface area contributed by atoms with Crippen LogP contribution >= 0.6 is 34.5 Å². The third-order valence-electron chi connectivity index (χ3n) is 3.48. The number of nitro benzene ring substituents is 1. The van der Waals surface area contributed by atoms with E-state index >= 15 is 0 Å². The molecule has 1 amide bonds. The van der Waals surface area contributed by atoms with Crippen molar-refractivity contribution in [2.24, 2.45) is 4.99 Å². The highest BCUT2D eigenvalue weighted by Crippen LogP contribution is 2.24. The third kappa shape index (κ3) is 3.48. The van der Waals surface area contributed by atoms with Crippen molar-refractivity contribution in [3.63, 3.8) is 0 Å². The standard InChI is InChI=1S/C17H9Cl2N3O3S/c1-2-7-21-14-9-11(22(24)25)4-6-15(14)26-17(21)20-16(23)12-5-3-10(18)8-13(12)19/h1,3-6,8-9H,7H2. The van der Waals surface area contributed by atoms with E-state index < -0.39 is 10.8 Å². The second-order valence-electron chi connectivity index (χ2n) is 5.13. The van der Waals surface area contributed by atoms with E-state index in [0.717, 1.165) is 4.70 Å². The second-order valence-corrected chi connectivity index (χ2v) is 6.98. The van der Waals surface area contributed by atoms with Crippen molar-refractivity contribution >= 4 is 56.3 Å². The maximum atomic E-state index is 12.5. The Hall–Kier alpha value is -2.66. The minimum atomic E-state index is -0.557. The van der Waals surface area contributed by atoms with Crippen molar-refractivity contribution in [2.45, 2.75) is 6.54 Å². The summed E-state index contributed by atoms with van der Waals surface area (Å²) in [5.41, 5.74) is 0.669. The fourth-order valence-corrected chi connectivity index (χ4v) is 3.81. The van der Waals surface area contributed by atoms with E-state index in [-0.39, 0.29) is 22.8 Å². The van der Waals surface area contributed by atoms with Crippen molar-refractivity contribution < 1.29 is 9.72 Å². The van der Waals surface area contributed by atoms with Gasteiger partial charge in [0.15, 0.2) is 4.80 Å². The van der Waals surface area contributed by atoms with Crippen LogP contribution in [0.1, 0.15) is 10.4 Å². The van der Waals surface area contributed by atoms with Gasteiger partial charge >= 0.3 is 0 Å². The first-order valence-electron chi connectivity index (χ1n) is 7.16. The lowest BCUT2D eigenvalue weighted by molar-refractivity contribution is -0.384. The minimum absolute atomic E-state index is 0.0697. The number of rotatable bonds is 3. The molecule has 0 spiro atoms. The molecule has 0 saturated carbocycles. The first-order valence-corrected chi connectivity index (χ1v) is 8.73. The lowest BCUT2D eigenvalue weighted by Gasteiger charge is -2.01. The summed E-state index contributed by atoms with van der Waals surface area (Å²) in [5.74, 6) is 1.91. The van der Waals surface area contributed by atoms with Crippen LogP contribution in [-0.4, -0.2) is 15.4 Å². The molecule has 0 atom stereocenters. The Morgan fingerprint density at radius 2 is 2.08 bits per heavy atom. The Labute approximate surface area is 161 Å². The van der Waals surface area contributed by atoms with Gasteiger partial charge in [0.05, 0.1) is 32.3 Å². The molecule has 0 aliphatic rings. The Kier molecular flexibility index (Phi) is 5.09. The predicted octanol–water partition coefficient (Wildman–Crippen LogP) is 4.29. The maximum Gasteiger partial charge on any atom is 0.281 e. The quantitative estimate of drug-likeness (QED) is 0.370. The smallest absolute Gasteiger partial charge is 0.281 e. The van der Waals surface area contributed by atoms with Crippen LogP contribution in [0.3, 0.4) is 0 Å². The van der Waals surface area contributed by atoms with Gasteiger partial charge in [-0.3, -0.25) is 14.9 Å². The number of nitro groups is 1. The van der Waals surface area contributed by atoms with Crippen molar-refractivity contribution in [2.75, 3.05) is 0 Å². The van der Waals surface area contributed by atoms with Gasteiger partial charge in [0, 0.05) is 17.2 Å². The average Bonchev–Trinajstić information content (AvgIpc) is 2.91. The summed E-state index contributed by atoms with van der Waals surface area (Å²) >= 11 is 13.1. The number of aromatic nitrogens is 1. The number of amides is 1. The van der Waals surface area contributed by atoms with Gasteiger partial charge < -0.3 is 4.57 Å². The number of nitrogens with zero attached hydrogens (tertiary/aromatic N) is 3. The van der Waals surface area contributed by atoms with Gasteiger partial charge in [-0.05, 0) is 24.3 Å². The SMILES string of the molecule is C#CCn1c(=NC(=O)c2ccc(Cl)cc2Cl)sc2ccc([N+](=O)[O-])cc21. The zero-order chi connectivity index (χ0) is 18.8. The van der Waals surface area contributed by atoms with E-state index in [1.54, 1.807) is 16.7 Å². The summed E-state index contributed by atoms with van der Waals surface area (Å²) in [6.07, 6.45) is 5.40. The molecule has 26 heavy (non-hydrogen) atoms. The number of carbonyl (C=O) groups is 1. The van der Waals surface area contributed by atoms with Gasteiger partial charge in [0.1, 0.15) is 0 Å². The topological polar surface area (TPSA) is 77.5 Å². The van der Waals surface area contributed by atoms with Gasteiger partial charge in [-0.1, -0.05) is 40.5 Å². The van der Waals surface area contributed by atoms with Gasteiger partial charge in [0.2, 0.25) is 0 Å². The number of hydrogen-bond donors (Lipinski definition) is 0. The molecule has 9 heteroatoms. The van der Waals surface area contributed by atoms with E-state index in [0.29, 0.717) is 15.3 Å². The predicted molar refractivity (Wildman–Crippen MR) is 102 cm³/mol. The van der Waals surface area contributed by atoms with E-state index in [9.17, 15) is 14.9 Å². The Balaban J connectivity index is 2.18. The maximum absolute atomic E-state index is 12.5. The van der Waals surface area contributed by atoms with Gasteiger partial charge in [0.25, 0.3) is 11.6 Å². The zero-order valence-corrected chi connectivity index (χ0v) is 15.3. The van der Waals surface area contributed by atoms with Crippen molar-refractivity contribution in [3.8, 4) is 12.3 Å². The van der Waals surface area contributed by atoms with Crippen LogP contribution in [0.5, 0.6) is 0 Å². The minimum Gasteiger partial charge on any atom is -0.304 e. The summed E-state index contributed by atoms with van der Waals surface area (Å²) in [5, 5.41) is 11.6. The molecule has 130 valence electrons. The molecule has 0 N–H and O–H groups in total. The van der Waals surface area contributed by atoms with Crippen LogP contribution < -0.4 is 4.80 Å². The van der Waals surface area contributed by atoms with Crippen LogP contribution in [0.4, 0.5) is 5.69 Å². The number of non-ortho nitro benzene ring substituents is 1. The molecular formula is C17H9Cl2N3O3S. The average molecular weight is 406 g/mol. The van der Waals surface area contributed by atoms with Crippen LogP contribution in [0.15, 0.2) is 41.4 Å². The number of benzene rings is 2. The van der Waals surface area contributed by atoms with Gasteiger partial charge in [-0.2, -0.15) is 4.99 Å². The van der Waals surface area contributed by atoms with E-state index in [2.05, 4.69) is 10.9 Å². The monoisotopic (exact) mass is 405 g/mol. The molecule has 0 bridgehead atoms. The van der Waals surface area contributed by atoms with Gasteiger partial charge in [-0.15, -0.1) is 6.42 Å². The number of thiazole rings is 1. The molecule has 0 unspecified atom stereocenters. The van der Waals surface area contributed by atoms with Crippen LogP contribution in [0, 0.1) is 22.5 Å². The second kappa shape index (κ2) is 7.30. The fourth-order valence-electron chi connectivity index (χ4n) is 2.31. The fraction of sp³-hybridized carbons (Fsp3) is 0.0588.